The minimum absolute atomic E-state index is 0.113. The summed E-state index contributed by atoms with van der Waals surface area (Å²) in [4.78, 5) is 23.9. The van der Waals surface area contributed by atoms with E-state index in [1.807, 2.05) is 31.2 Å². The lowest BCUT2D eigenvalue weighted by molar-refractivity contribution is -0.120. The smallest absolute Gasteiger partial charge is 0.251 e. The highest BCUT2D eigenvalue weighted by atomic mass is 35.5. The Morgan fingerprint density at radius 2 is 1.65 bits per heavy atom. The molecule has 0 aliphatic heterocycles. The highest BCUT2D eigenvalue weighted by Crippen LogP contribution is 2.22. The molecule has 0 saturated heterocycles. The third-order valence-corrected chi connectivity index (χ3v) is 4.25. The Labute approximate surface area is 162 Å². The number of amides is 2. The number of ether oxygens (including phenoxy) is 1. The molecule has 2 rings (SSSR count). The summed E-state index contributed by atoms with van der Waals surface area (Å²) in [5.41, 5.74) is 1.31. The van der Waals surface area contributed by atoms with Crippen molar-refractivity contribution in [3.63, 3.8) is 0 Å². The summed E-state index contributed by atoms with van der Waals surface area (Å²) in [6, 6.07) is 12.1. The van der Waals surface area contributed by atoms with Crippen molar-refractivity contribution in [3.05, 3.63) is 63.6 Å². The molecule has 0 heterocycles. The van der Waals surface area contributed by atoms with Crippen LogP contribution in [0.5, 0.6) is 5.75 Å². The van der Waals surface area contributed by atoms with E-state index >= 15 is 0 Å². The first-order chi connectivity index (χ1) is 12.5. The fourth-order valence-electron chi connectivity index (χ4n) is 2.24. The quantitative estimate of drug-likeness (QED) is 0.673. The third kappa shape index (κ3) is 6.24. The molecule has 2 aromatic rings. The summed E-state index contributed by atoms with van der Waals surface area (Å²) in [7, 11) is 0. The number of carbonyl (C=O) groups excluding carboxylic acids is 2. The average Bonchev–Trinajstić information content (AvgIpc) is 2.63. The van der Waals surface area contributed by atoms with Gasteiger partial charge in [0.15, 0.2) is 0 Å². The van der Waals surface area contributed by atoms with Crippen molar-refractivity contribution >= 4 is 35.0 Å². The van der Waals surface area contributed by atoms with Gasteiger partial charge >= 0.3 is 0 Å². The second-order valence-corrected chi connectivity index (χ2v) is 6.30. The summed E-state index contributed by atoms with van der Waals surface area (Å²) >= 11 is 11.7. The zero-order chi connectivity index (χ0) is 18.9. The van der Waals surface area contributed by atoms with E-state index in [1.54, 1.807) is 12.1 Å². The Bertz CT molecular complexity index is 764. The van der Waals surface area contributed by atoms with Gasteiger partial charge < -0.3 is 15.4 Å². The van der Waals surface area contributed by atoms with Crippen LogP contribution in [0, 0.1) is 0 Å². The van der Waals surface area contributed by atoms with Gasteiger partial charge in [0, 0.05) is 18.7 Å². The number of rotatable bonds is 8. The van der Waals surface area contributed by atoms with E-state index in [4.69, 9.17) is 27.9 Å². The summed E-state index contributed by atoms with van der Waals surface area (Å²) < 4.78 is 5.36. The topological polar surface area (TPSA) is 67.4 Å². The summed E-state index contributed by atoms with van der Waals surface area (Å²) in [6.45, 7) is 3.17. The molecule has 2 amide bonds. The van der Waals surface area contributed by atoms with Gasteiger partial charge in [-0.25, -0.2) is 0 Å². The van der Waals surface area contributed by atoms with Gasteiger partial charge in [0.1, 0.15) is 5.75 Å². The van der Waals surface area contributed by atoms with Crippen molar-refractivity contribution in [2.75, 3.05) is 19.7 Å². The predicted octanol–water partition coefficient (Wildman–Crippen LogP) is 3.48. The minimum atomic E-state index is -0.274. The molecule has 0 atom stereocenters. The Morgan fingerprint density at radius 3 is 2.31 bits per heavy atom. The highest BCUT2D eigenvalue weighted by Gasteiger charge is 2.08. The molecule has 7 heteroatoms. The second kappa shape index (κ2) is 10.0. The Hall–Kier alpha value is -2.24. The van der Waals surface area contributed by atoms with Crippen LogP contribution in [-0.2, 0) is 11.2 Å². The predicted molar refractivity (Wildman–Crippen MR) is 103 cm³/mol. The van der Waals surface area contributed by atoms with E-state index in [-0.39, 0.29) is 18.2 Å². The number of hydrogen-bond donors (Lipinski definition) is 2. The molecule has 0 aromatic heterocycles. The zero-order valence-electron chi connectivity index (χ0n) is 14.4. The molecule has 0 saturated carbocycles. The van der Waals surface area contributed by atoms with Crippen LogP contribution in [0.2, 0.25) is 10.0 Å². The van der Waals surface area contributed by atoms with Gasteiger partial charge in [-0.15, -0.1) is 0 Å². The van der Waals surface area contributed by atoms with Crippen LogP contribution < -0.4 is 15.4 Å². The first kappa shape index (κ1) is 20.1. The van der Waals surface area contributed by atoms with Crippen LogP contribution in [0.1, 0.15) is 22.8 Å². The van der Waals surface area contributed by atoms with E-state index < -0.39 is 0 Å². The highest BCUT2D eigenvalue weighted by molar-refractivity contribution is 6.42. The molecular weight excluding hydrogens is 375 g/mol. The van der Waals surface area contributed by atoms with E-state index in [2.05, 4.69) is 10.6 Å². The maximum Gasteiger partial charge on any atom is 0.251 e. The number of carbonyl (C=O) groups is 2. The third-order valence-electron chi connectivity index (χ3n) is 3.51. The van der Waals surface area contributed by atoms with Gasteiger partial charge in [-0.1, -0.05) is 35.3 Å². The van der Waals surface area contributed by atoms with E-state index in [0.29, 0.717) is 35.3 Å². The van der Waals surface area contributed by atoms with Crippen LogP contribution in [0.15, 0.2) is 42.5 Å². The Morgan fingerprint density at radius 1 is 0.962 bits per heavy atom. The number of nitrogens with one attached hydrogen (secondary N) is 2. The molecule has 0 spiro atoms. The molecule has 0 bridgehead atoms. The van der Waals surface area contributed by atoms with Gasteiger partial charge in [-0.2, -0.15) is 0 Å². The molecule has 0 radical (unpaired) electrons. The SMILES string of the molecule is CCOc1ccc(CC(=O)NCCNC(=O)c2ccc(Cl)c(Cl)c2)cc1. The van der Waals surface area contributed by atoms with Crippen LogP contribution >= 0.6 is 23.2 Å². The fraction of sp³-hybridized carbons (Fsp3) is 0.263. The zero-order valence-corrected chi connectivity index (χ0v) is 15.9. The summed E-state index contributed by atoms with van der Waals surface area (Å²) in [5.74, 6) is 0.393. The van der Waals surface area contributed by atoms with Crippen LogP contribution in [0.3, 0.4) is 0 Å². The van der Waals surface area contributed by atoms with E-state index in [0.717, 1.165) is 11.3 Å². The van der Waals surface area contributed by atoms with Gasteiger partial charge in [0.2, 0.25) is 5.91 Å². The molecule has 0 aliphatic rings. The van der Waals surface area contributed by atoms with Crippen molar-refractivity contribution in [1.29, 1.82) is 0 Å². The van der Waals surface area contributed by atoms with Crippen molar-refractivity contribution in [3.8, 4) is 5.75 Å². The lowest BCUT2D eigenvalue weighted by Gasteiger charge is -2.08. The monoisotopic (exact) mass is 394 g/mol. The maximum absolute atomic E-state index is 12.0. The summed E-state index contributed by atoms with van der Waals surface area (Å²) in [5, 5.41) is 6.20. The van der Waals surface area contributed by atoms with Crippen molar-refractivity contribution in [2.45, 2.75) is 13.3 Å². The van der Waals surface area contributed by atoms with Crippen LogP contribution in [-0.4, -0.2) is 31.5 Å². The van der Waals surface area contributed by atoms with Crippen molar-refractivity contribution in [2.24, 2.45) is 0 Å². The Kier molecular flexibility index (Phi) is 7.75. The average molecular weight is 395 g/mol. The lowest BCUT2D eigenvalue weighted by Crippen LogP contribution is -2.35. The molecular formula is C19H20Cl2N2O3. The van der Waals surface area contributed by atoms with Crippen LogP contribution in [0.4, 0.5) is 0 Å². The normalized spacial score (nSPS) is 10.3. The number of benzene rings is 2. The van der Waals surface area contributed by atoms with Crippen LogP contribution in [0.25, 0.3) is 0 Å². The maximum atomic E-state index is 12.0. The van der Waals surface area contributed by atoms with E-state index in [1.165, 1.54) is 6.07 Å². The number of halogens is 2. The van der Waals surface area contributed by atoms with Gasteiger partial charge in [0.25, 0.3) is 5.91 Å². The van der Waals surface area contributed by atoms with Gasteiger partial charge in [0.05, 0.1) is 23.1 Å². The number of hydrogen-bond acceptors (Lipinski definition) is 3. The molecule has 138 valence electrons. The summed E-state index contributed by atoms with van der Waals surface area (Å²) in [6.07, 6.45) is 0.271. The van der Waals surface area contributed by atoms with Gasteiger partial charge in [-0.3, -0.25) is 9.59 Å². The standard InChI is InChI=1S/C19H20Cl2N2O3/c1-2-26-15-6-3-13(4-7-15)11-18(24)22-9-10-23-19(25)14-5-8-16(20)17(21)12-14/h3-8,12H,2,9-11H2,1H3,(H,22,24)(H,23,25). The molecule has 0 fully saturated rings. The van der Waals surface area contributed by atoms with Crippen molar-refractivity contribution < 1.29 is 14.3 Å². The minimum Gasteiger partial charge on any atom is -0.494 e. The first-order valence-corrected chi connectivity index (χ1v) is 8.97. The largest absolute Gasteiger partial charge is 0.494 e. The van der Waals surface area contributed by atoms with Gasteiger partial charge in [-0.05, 0) is 42.8 Å². The molecule has 0 aliphatic carbocycles. The molecule has 26 heavy (non-hydrogen) atoms. The van der Waals surface area contributed by atoms with E-state index in [9.17, 15) is 9.59 Å². The molecule has 0 unspecified atom stereocenters. The van der Waals surface area contributed by atoms with Crippen molar-refractivity contribution in [1.82, 2.24) is 10.6 Å². The molecule has 2 N–H and O–H groups in total. The first-order valence-electron chi connectivity index (χ1n) is 8.21. The molecule has 5 nitrogen and oxygen atoms in total. The lowest BCUT2D eigenvalue weighted by atomic mass is 10.1. The Balaban J connectivity index is 1.70. The fourth-order valence-corrected chi connectivity index (χ4v) is 2.53. The second-order valence-electron chi connectivity index (χ2n) is 5.49. The molecule has 2 aromatic carbocycles.